The molecular formula is C31H48O7. The van der Waals surface area contributed by atoms with Crippen molar-refractivity contribution < 1.29 is 34.8 Å². The van der Waals surface area contributed by atoms with Crippen LogP contribution in [0.4, 0.5) is 0 Å². The third-order valence-corrected chi connectivity index (χ3v) is 13.8. The fourth-order valence-electron chi connectivity index (χ4n) is 11.1. The molecule has 0 radical (unpaired) electrons. The molecule has 5 aliphatic rings. The first-order valence-electron chi connectivity index (χ1n) is 14.7. The fraction of sp³-hybridized carbons (Fsp3) is 0.871. The standard InChI is InChI=1S/C31H48O7/c1-18-9-14-30(24(34)35)16-15-27(3)19(23(30)29(18,5)37)7-8-20-26(2)12-11-22(33)31(17-32,25(36)38-6)21(26)10-13-28(20,27)4/h7,18,20-23,32-33,37H,8-17H2,1-6H3,(H,34,35)/t18-,20+,21+,22-,23+,26+,27+,28+,29+,30-,31-/m0/s1. The predicted molar refractivity (Wildman–Crippen MR) is 142 cm³/mol. The van der Waals surface area contributed by atoms with Crippen LogP contribution >= 0.6 is 0 Å². The van der Waals surface area contributed by atoms with Gasteiger partial charge in [0.1, 0.15) is 5.41 Å². The third-order valence-electron chi connectivity index (χ3n) is 13.8. The summed E-state index contributed by atoms with van der Waals surface area (Å²) in [5, 5.41) is 44.2. The average molecular weight is 533 g/mol. The Morgan fingerprint density at radius 2 is 1.68 bits per heavy atom. The van der Waals surface area contributed by atoms with Gasteiger partial charge >= 0.3 is 11.9 Å². The van der Waals surface area contributed by atoms with Crippen molar-refractivity contribution in [1.82, 2.24) is 0 Å². The molecule has 0 amide bonds. The van der Waals surface area contributed by atoms with Crippen molar-refractivity contribution in [3.8, 4) is 0 Å². The molecule has 0 aromatic heterocycles. The van der Waals surface area contributed by atoms with Crippen LogP contribution < -0.4 is 0 Å². The van der Waals surface area contributed by atoms with Gasteiger partial charge in [0.15, 0.2) is 0 Å². The maximum atomic E-state index is 13.2. The van der Waals surface area contributed by atoms with E-state index in [0.29, 0.717) is 32.1 Å². The minimum absolute atomic E-state index is 0.00654. The number of carboxylic acids is 1. The lowest BCUT2D eigenvalue weighted by atomic mass is 9.33. The highest BCUT2D eigenvalue weighted by Gasteiger charge is 2.73. The van der Waals surface area contributed by atoms with E-state index < -0.39 is 47.0 Å². The second-order valence-electron chi connectivity index (χ2n) is 14.6. The monoisotopic (exact) mass is 532 g/mol. The summed E-state index contributed by atoms with van der Waals surface area (Å²) in [4.78, 5) is 26.1. The van der Waals surface area contributed by atoms with Crippen molar-refractivity contribution in [3.05, 3.63) is 11.6 Å². The van der Waals surface area contributed by atoms with Gasteiger partial charge in [-0.3, -0.25) is 9.59 Å². The number of carbonyl (C=O) groups is 2. The Kier molecular flexibility index (Phi) is 6.31. The van der Waals surface area contributed by atoms with Crippen molar-refractivity contribution in [2.24, 2.45) is 50.7 Å². The van der Waals surface area contributed by atoms with Crippen LogP contribution in [0.1, 0.15) is 92.4 Å². The van der Waals surface area contributed by atoms with E-state index in [-0.39, 0.29) is 34.0 Å². The van der Waals surface area contributed by atoms with Crippen LogP contribution in [0.2, 0.25) is 0 Å². The van der Waals surface area contributed by atoms with Crippen LogP contribution in [0, 0.1) is 50.7 Å². The number of esters is 1. The van der Waals surface area contributed by atoms with Crippen LogP contribution in [0.5, 0.6) is 0 Å². The molecule has 0 saturated heterocycles. The zero-order valence-corrected chi connectivity index (χ0v) is 24.0. The number of aliphatic carboxylic acids is 1. The maximum Gasteiger partial charge on any atom is 0.317 e. The molecular weight excluding hydrogens is 484 g/mol. The maximum absolute atomic E-state index is 13.2. The normalized spacial score (nSPS) is 53.9. The Hall–Kier alpha value is -1.44. The molecule has 0 aromatic rings. The third kappa shape index (κ3) is 3.07. The quantitative estimate of drug-likeness (QED) is 0.315. The minimum Gasteiger partial charge on any atom is -0.481 e. The molecule has 214 valence electrons. The second-order valence-corrected chi connectivity index (χ2v) is 14.6. The van der Waals surface area contributed by atoms with E-state index in [2.05, 4.69) is 26.8 Å². The van der Waals surface area contributed by atoms with Crippen LogP contribution in [-0.4, -0.2) is 57.8 Å². The number of hydrogen-bond donors (Lipinski definition) is 4. The predicted octanol–water partition coefficient (Wildman–Crippen LogP) is 4.33. The summed E-state index contributed by atoms with van der Waals surface area (Å²) in [6.45, 7) is 10.4. The molecule has 11 atom stereocenters. The first-order chi connectivity index (χ1) is 17.6. The number of aliphatic hydroxyl groups excluding tert-OH is 2. The van der Waals surface area contributed by atoms with Gasteiger partial charge in [0.2, 0.25) is 0 Å². The molecule has 5 rings (SSSR count). The topological polar surface area (TPSA) is 124 Å². The summed E-state index contributed by atoms with van der Waals surface area (Å²) >= 11 is 0. The molecule has 0 bridgehead atoms. The van der Waals surface area contributed by atoms with E-state index in [1.165, 1.54) is 7.11 Å². The summed E-state index contributed by atoms with van der Waals surface area (Å²) in [6, 6.07) is 0. The number of ether oxygens (including phenoxy) is 1. The zero-order valence-electron chi connectivity index (χ0n) is 24.0. The highest BCUT2D eigenvalue weighted by molar-refractivity contribution is 5.79. The Bertz CT molecular complexity index is 1050. The van der Waals surface area contributed by atoms with Crippen molar-refractivity contribution in [2.45, 2.75) is 104 Å². The van der Waals surface area contributed by atoms with E-state index >= 15 is 0 Å². The second kappa shape index (κ2) is 8.53. The Balaban J connectivity index is 1.64. The minimum atomic E-state index is -1.33. The fourth-order valence-corrected chi connectivity index (χ4v) is 11.1. The molecule has 7 heteroatoms. The van der Waals surface area contributed by atoms with Gasteiger partial charge in [0, 0.05) is 5.92 Å². The summed E-state index contributed by atoms with van der Waals surface area (Å²) in [7, 11) is 1.33. The lowest BCUT2D eigenvalue weighted by Gasteiger charge is -2.71. The van der Waals surface area contributed by atoms with Crippen molar-refractivity contribution in [3.63, 3.8) is 0 Å². The molecule has 5 aliphatic carbocycles. The highest BCUT2D eigenvalue weighted by atomic mass is 16.5. The van der Waals surface area contributed by atoms with Crippen LogP contribution in [0.15, 0.2) is 11.6 Å². The molecule has 38 heavy (non-hydrogen) atoms. The molecule has 0 aromatic carbocycles. The lowest BCUT2D eigenvalue weighted by Crippen LogP contribution is -2.69. The first-order valence-corrected chi connectivity index (χ1v) is 14.7. The van der Waals surface area contributed by atoms with Gasteiger partial charge in [-0.1, -0.05) is 39.3 Å². The number of allylic oxidation sites excluding steroid dienone is 1. The van der Waals surface area contributed by atoms with Crippen LogP contribution in [-0.2, 0) is 14.3 Å². The number of hydrogen-bond acceptors (Lipinski definition) is 6. The number of carboxylic acid groups (broad SMARTS) is 1. The van der Waals surface area contributed by atoms with E-state index in [0.717, 1.165) is 31.3 Å². The largest absolute Gasteiger partial charge is 0.481 e. The summed E-state index contributed by atoms with van der Waals surface area (Å²) in [5.41, 5.74) is -3.04. The van der Waals surface area contributed by atoms with Gasteiger partial charge in [-0.15, -0.1) is 0 Å². The van der Waals surface area contributed by atoms with E-state index in [1.807, 2.05) is 13.8 Å². The number of rotatable bonds is 3. The number of methoxy groups -OCH3 is 1. The smallest absolute Gasteiger partial charge is 0.317 e. The molecule has 4 fully saturated rings. The average Bonchev–Trinajstić information content (AvgIpc) is 2.86. The van der Waals surface area contributed by atoms with Gasteiger partial charge in [-0.2, -0.15) is 0 Å². The van der Waals surface area contributed by atoms with Gasteiger partial charge in [-0.05, 0) is 98.7 Å². The van der Waals surface area contributed by atoms with E-state index in [1.54, 1.807) is 0 Å². The van der Waals surface area contributed by atoms with Crippen molar-refractivity contribution in [2.75, 3.05) is 13.7 Å². The molecule has 0 aliphatic heterocycles. The Morgan fingerprint density at radius 3 is 2.29 bits per heavy atom. The zero-order chi connectivity index (χ0) is 28.1. The Labute approximate surface area is 227 Å². The van der Waals surface area contributed by atoms with Crippen molar-refractivity contribution >= 4 is 11.9 Å². The van der Waals surface area contributed by atoms with Gasteiger partial charge in [0.25, 0.3) is 0 Å². The summed E-state index contributed by atoms with van der Waals surface area (Å²) in [6.07, 6.45) is 7.33. The first kappa shape index (κ1) is 28.1. The van der Waals surface area contributed by atoms with Crippen LogP contribution in [0.3, 0.4) is 0 Å². The number of fused-ring (bicyclic) bond motifs is 7. The molecule has 0 unspecified atom stereocenters. The molecule has 0 spiro atoms. The molecule has 0 heterocycles. The van der Waals surface area contributed by atoms with Gasteiger partial charge < -0.3 is 25.2 Å². The molecule has 4 saturated carbocycles. The molecule has 7 nitrogen and oxygen atoms in total. The van der Waals surface area contributed by atoms with E-state index in [4.69, 9.17) is 4.74 Å². The highest BCUT2D eigenvalue weighted by Crippen LogP contribution is 2.76. The molecule has 4 N–H and O–H groups in total. The number of aliphatic hydroxyl groups is 3. The van der Waals surface area contributed by atoms with Crippen LogP contribution in [0.25, 0.3) is 0 Å². The SMILES string of the molecule is COC(=O)[C@@]1(CO)[C@@H]2CC[C@]3(C)[C@H](CC=C4[C@H]5[C@](C(=O)O)(CC[C@H](C)[C@@]5(C)O)CC[C@]43C)[C@@]2(C)CC[C@@H]1O. The van der Waals surface area contributed by atoms with Gasteiger partial charge in [0.05, 0.1) is 30.8 Å². The van der Waals surface area contributed by atoms with Gasteiger partial charge in [-0.25, -0.2) is 0 Å². The van der Waals surface area contributed by atoms with Crippen molar-refractivity contribution in [1.29, 1.82) is 0 Å². The Morgan fingerprint density at radius 1 is 1.00 bits per heavy atom. The number of carbonyl (C=O) groups excluding carboxylic acids is 1. The van der Waals surface area contributed by atoms with E-state index in [9.17, 15) is 30.0 Å². The lowest BCUT2D eigenvalue weighted by molar-refractivity contribution is -0.234. The summed E-state index contributed by atoms with van der Waals surface area (Å²) in [5.74, 6) is -1.76. The summed E-state index contributed by atoms with van der Waals surface area (Å²) < 4.78 is 5.19.